The molecule has 0 aliphatic heterocycles. The van der Waals surface area contributed by atoms with Gasteiger partial charge in [-0.05, 0) is 25.7 Å². The summed E-state index contributed by atoms with van der Waals surface area (Å²) >= 11 is 0. The van der Waals surface area contributed by atoms with Gasteiger partial charge in [-0.1, -0.05) is 53.4 Å². The number of unbranched alkanes of at least 4 members (excludes halogenated alkanes) is 6. The summed E-state index contributed by atoms with van der Waals surface area (Å²) in [7, 11) is 0. The second-order valence-electron chi connectivity index (χ2n) is 6.32. The van der Waals surface area contributed by atoms with Crippen LogP contribution in [0.3, 0.4) is 0 Å². The van der Waals surface area contributed by atoms with Crippen molar-refractivity contribution < 1.29 is 4.57 Å². The zero-order valence-corrected chi connectivity index (χ0v) is 14.2. The van der Waals surface area contributed by atoms with Gasteiger partial charge in [0.15, 0.2) is 0 Å². The first-order valence-corrected chi connectivity index (χ1v) is 8.79. The number of nitrogens with zero attached hydrogens (tertiary/aromatic N) is 2. The highest BCUT2D eigenvalue weighted by Crippen LogP contribution is 2.13. The predicted molar refractivity (Wildman–Crippen MR) is 87.0 cm³/mol. The molecule has 2 nitrogen and oxygen atoms in total. The molecule has 0 fully saturated rings. The minimum atomic E-state index is 0.613. The molecule has 0 atom stereocenters. The highest BCUT2D eigenvalue weighted by atomic mass is 15.1. The van der Waals surface area contributed by atoms with E-state index in [1.807, 2.05) is 0 Å². The van der Waals surface area contributed by atoms with Crippen molar-refractivity contribution in [2.75, 3.05) is 0 Å². The SMILES string of the molecule is CCCCCCC[n+]1ccn(CCCCC)c1C(C)C. The Bertz CT molecular complexity index is 352. The lowest BCUT2D eigenvalue weighted by Gasteiger charge is -2.08. The molecule has 0 unspecified atom stereocenters. The molecule has 0 amide bonds. The Morgan fingerprint density at radius 2 is 1.60 bits per heavy atom. The average molecular weight is 279 g/mol. The van der Waals surface area contributed by atoms with E-state index < -0.39 is 0 Å². The number of imidazole rings is 1. The van der Waals surface area contributed by atoms with E-state index in [9.17, 15) is 0 Å². The molecule has 1 aromatic heterocycles. The van der Waals surface area contributed by atoms with Gasteiger partial charge >= 0.3 is 0 Å². The molecule has 0 spiro atoms. The number of rotatable bonds is 11. The van der Waals surface area contributed by atoms with Gasteiger partial charge in [-0.3, -0.25) is 0 Å². The number of aromatic nitrogens is 2. The van der Waals surface area contributed by atoms with E-state index in [1.165, 1.54) is 70.3 Å². The van der Waals surface area contributed by atoms with Crippen LogP contribution in [0, 0.1) is 0 Å². The van der Waals surface area contributed by atoms with Crippen LogP contribution in [0.5, 0.6) is 0 Å². The smallest absolute Gasteiger partial charge is 0.234 e. The molecule has 116 valence electrons. The van der Waals surface area contributed by atoms with E-state index in [2.05, 4.69) is 49.2 Å². The lowest BCUT2D eigenvalue weighted by atomic mass is 10.1. The molecular weight excluding hydrogens is 244 g/mol. The Hall–Kier alpha value is -0.790. The van der Waals surface area contributed by atoms with Crippen molar-refractivity contribution >= 4 is 0 Å². The molecular formula is C18H35N2+. The van der Waals surface area contributed by atoms with E-state index in [-0.39, 0.29) is 0 Å². The number of aryl methyl sites for hydroxylation is 2. The van der Waals surface area contributed by atoms with Crippen molar-refractivity contribution in [3.8, 4) is 0 Å². The van der Waals surface area contributed by atoms with Crippen LogP contribution in [0.1, 0.15) is 90.8 Å². The summed E-state index contributed by atoms with van der Waals surface area (Å²) in [5.74, 6) is 2.12. The normalized spacial score (nSPS) is 11.4. The minimum absolute atomic E-state index is 0.613. The van der Waals surface area contributed by atoms with Crippen molar-refractivity contribution in [3.05, 3.63) is 18.2 Å². The minimum Gasteiger partial charge on any atom is -0.234 e. The van der Waals surface area contributed by atoms with E-state index in [1.54, 1.807) is 0 Å². The van der Waals surface area contributed by atoms with Crippen LogP contribution < -0.4 is 4.57 Å². The fourth-order valence-electron chi connectivity index (χ4n) is 2.94. The summed E-state index contributed by atoms with van der Waals surface area (Å²) in [6.45, 7) is 11.6. The van der Waals surface area contributed by atoms with Gasteiger partial charge in [-0.15, -0.1) is 0 Å². The molecule has 1 heterocycles. The Morgan fingerprint density at radius 1 is 0.950 bits per heavy atom. The first-order chi connectivity index (χ1) is 9.70. The largest absolute Gasteiger partial charge is 0.258 e. The topological polar surface area (TPSA) is 8.81 Å². The molecule has 2 heteroatoms. The first kappa shape index (κ1) is 17.3. The van der Waals surface area contributed by atoms with Gasteiger partial charge in [0.05, 0.1) is 19.0 Å². The Morgan fingerprint density at radius 3 is 2.25 bits per heavy atom. The third kappa shape index (κ3) is 5.68. The molecule has 0 aliphatic rings. The third-order valence-corrected chi connectivity index (χ3v) is 4.04. The van der Waals surface area contributed by atoms with E-state index in [0.29, 0.717) is 5.92 Å². The molecule has 0 aromatic carbocycles. The quantitative estimate of drug-likeness (QED) is 0.395. The summed E-state index contributed by atoms with van der Waals surface area (Å²) in [4.78, 5) is 0. The summed E-state index contributed by atoms with van der Waals surface area (Å²) in [6, 6.07) is 0. The highest BCUT2D eigenvalue weighted by Gasteiger charge is 2.19. The Labute approximate surface area is 126 Å². The maximum absolute atomic E-state index is 2.49. The molecule has 0 N–H and O–H groups in total. The van der Waals surface area contributed by atoms with Crippen molar-refractivity contribution in [1.82, 2.24) is 4.57 Å². The monoisotopic (exact) mass is 279 g/mol. The van der Waals surface area contributed by atoms with Crippen LogP contribution in [0.25, 0.3) is 0 Å². The van der Waals surface area contributed by atoms with Crippen molar-refractivity contribution in [2.45, 2.75) is 98.1 Å². The molecule has 1 rings (SSSR count). The second-order valence-corrected chi connectivity index (χ2v) is 6.32. The summed E-state index contributed by atoms with van der Waals surface area (Å²) in [5, 5.41) is 0. The molecule has 1 aromatic rings. The molecule has 0 aliphatic carbocycles. The molecule has 0 saturated heterocycles. The van der Waals surface area contributed by atoms with Gasteiger partial charge in [-0.25, -0.2) is 9.13 Å². The average Bonchev–Trinajstić information content (AvgIpc) is 2.82. The van der Waals surface area contributed by atoms with Gasteiger partial charge in [0.1, 0.15) is 12.4 Å². The summed E-state index contributed by atoms with van der Waals surface area (Å²) in [5.41, 5.74) is 0. The molecule has 0 saturated carbocycles. The standard InChI is InChI=1S/C18H35N2/c1-5-7-9-10-12-14-20-16-15-19(13-11-8-6-2)18(20)17(3)4/h15-17H,5-14H2,1-4H3/q+1. The Balaban J connectivity index is 2.52. The third-order valence-electron chi connectivity index (χ3n) is 4.04. The van der Waals surface area contributed by atoms with Gasteiger partial charge in [0.25, 0.3) is 5.82 Å². The van der Waals surface area contributed by atoms with Crippen LogP contribution in [0.15, 0.2) is 12.4 Å². The van der Waals surface area contributed by atoms with Crippen LogP contribution in [0.4, 0.5) is 0 Å². The van der Waals surface area contributed by atoms with Gasteiger partial charge in [0, 0.05) is 0 Å². The number of hydrogen-bond donors (Lipinski definition) is 0. The molecule has 20 heavy (non-hydrogen) atoms. The van der Waals surface area contributed by atoms with E-state index in [4.69, 9.17) is 0 Å². The fraction of sp³-hybridized carbons (Fsp3) is 0.833. The van der Waals surface area contributed by atoms with Crippen LogP contribution in [-0.2, 0) is 13.1 Å². The van der Waals surface area contributed by atoms with E-state index in [0.717, 1.165) is 0 Å². The fourth-order valence-corrected chi connectivity index (χ4v) is 2.94. The van der Waals surface area contributed by atoms with Crippen molar-refractivity contribution in [3.63, 3.8) is 0 Å². The maximum atomic E-state index is 2.49. The second kappa shape index (κ2) is 10.0. The van der Waals surface area contributed by atoms with Crippen molar-refractivity contribution in [1.29, 1.82) is 0 Å². The lowest BCUT2D eigenvalue weighted by molar-refractivity contribution is -0.705. The zero-order chi connectivity index (χ0) is 14.8. The van der Waals surface area contributed by atoms with E-state index >= 15 is 0 Å². The van der Waals surface area contributed by atoms with Crippen LogP contribution in [0.2, 0.25) is 0 Å². The summed E-state index contributed by atoms with van der Waals surface area (Å²) < 4.78 is 4.97. The van der Waals surface area contributed by atoms with Gasteiger partial charge in [0.2, 0.25) is 0 Å². The van der Waals surface area contributed by atoms with Crippen LogP contribution in [-0.4, -0.2) is 4.57 Å². The molecule has 0 radical (unpaired) electrons. The molecule has 0 bridgehead atoms. The zero-order valence-electron chi connectivity index (χ0n) is 14.2. The van der Waals surface area contributed by atoms with Gasteiger partial charge in [-0.2, -0.15) is 0 Å². The first-order valence-electron chi connectivity index (χ1n) is 8.79. The number of hydrogen-bond acceptors (Lipinski definition) is 0. The lowest BCUT2D eigenvalue weighted by Crippen LogP contribution is -2.38. The summed E-state index contributed by atoms with van der Waals surface area (Å²) in [6.07, 6.45) is 15.3. The van der Waals surface area contributed by atoms with Gasteiger partial charge < -0.3 is 0 Å². The van der Waals surface area contributed by atoms with Crippen molar-refractivity contribution in [2.24, 2.45) is 0 Å². The Kier molecular flexibility index (Phi) is 8.64. The maximum Gasteiger partial charge on any atom is 0.258 e. The van der Waals surface area contributed by atoms with Crippen LogP contribution >= 0.6 is 0 Å². The highest BCUT2D eigenvalue weighted by molar-refractivity contribution is 4.89. The predicted octanol–water partition coefficient (Wildman–Crippen LogP) is 5.06.